The molecule has 24 heavy (non-hydrogen) atoms. The number of rotatable bonds is 3. The van der Waals surface area contributed by atoms with Gasteiger partial charge in [-0.15, -0.1) is 0 Å². The molecule has 2 aromatic rings. The molecule has 0 aliphatic carbocycles. The number of carbonyl (C=O) groups excluding carboxylic acids is 1. The normalized spacial score (nSPS) is 25.1. The van der Waals surface area contributed by atoms with Crippen LogP contribution in [0.4, 0.5) is 5.82 Å². The maximum Gasteiger partial charge on any atom is 0.220 e. The van der Waals surface area contributed by atoms with Crippen molar-refractivity contribution in [3.63, 3.8) is 0 Å². The highest BCUT2D eigenvalue weighted by molar-refractivity contribution is 5.87. The molecule has 1 amide bonds. The number of anilines is 1. The quantitative estimate of drug-likeness (QED) is 0.897. The fourth-order valence-electron chi connectivity index (χ4n) is 4.05. The first-order valence-corrected chi connectivity index (χ1v) is 8.72. The van der Waals surface area contributed by atoms with Crippen LogP contribution in [0.1, 0.15) is 31.5 Å². The van der Waals surface area contributed by atoms with Gasteiger partial charge in [0.1, 0.15) is 11.6 Å². The van der Waals surface area contributed by atoms with Crippen molar-refractivity contribution in [2.75, 3.05) is 18.8 Å². The molecule has 2 aliphatic heterocycles. The van der Waals surface area contributed by atoms with E-state index in [0.717, 1.165) is 36.2 Å². The van der Waals surface area contributed by atoms with Crippen LogP contribution in [0.25, 0.3) is 10.9 Å². The predicted octanol–water partition coefficient (Wildman–Crippen LogP) is 1.70. The van der Waals surface area contributed by atoms with E-state index in [1.165, 1.54) is 12.8 Å². The molecule has 2 saturated heterocycles. The standard InChI is InChI=1S/C18H23N5O/c19-18-13-5-1-2-6-14(13)21-16(22-18)11-23-8-4-3-7-15(23)12-9-17(24)20-10-12/h1-2,5-6,12,15H,3-4,7-11H2,(H,20,24)(H2,19,21,22)/t12-,15-/m0/s1. The Balaban J connectivity index is 1.57. The van der Waals surface area contributed by atoms with Crippen molar-refractivity contribution in [1.82, 2.24) is 20.2 Å². The second-order valence-corrected chi connectivity index (χ2v) is 6.84. The van der Waals surface area contributed by atoms with E-state index in [-0.39, 0.29) is 5.91 Å². The molecular weight excluding hydrogens is 302 g/mol. The van der Waals surface area contributed by atoms with Gasteiger partial charge in [-0.1, -0.05) is 18.6 Å². The number of nitrogens with zero attached hydrogens (tertiary/aromatic N) is 3. The van der Waals surface area contributed by atoms with Gasteiger partial charge in [0, 0.05) is 30.3 Å². The summed E-state index contributed by atoms with van der Waals surface area (Å²) in [6.07, 6.45) is 4.20. The molecule has 2 fully saturated rings. The molecular formula is C18H23N5O. The number of amides is 1. The predicted molar refractivity (Wildman–Crippen MR) is 93.1 cm³/mol. The zero-order chi connectivity index (χ0) is 16.5. The first-order valence-electron chi connectivity index (χ1n) is 8.72. The minimum absolute atomic E-state index is 0.178. The minimum atomic E-state index is 0.178. The zero-order valence-electron chi connectivity index (χ0n) is 13.7. The van der Waals surface area contributed by atoms with Gasteiger partial charge >= 0.3 is 0 Å². The SMILES string of the molecule is Nc1nc(CN2CCCC[C@H]2[C@@H]2CNC(=O)C2)nc2ccccc12. The monoisotopic (exact) mass is 325 g/mol. The van der Waals surface area contributed by atoms with Gasteiger partial charge in [0.25, 0.3) is 0 Å². The molecule has 6 heteroatoms. The Hall–Kier alpha value is -2.21. The van der Waals surface area contributed by atoms with Crippen molar-refractivity contribution in [1.29, 1.82) is 0 Å². The van der Waals surface area contributed by atoms with Crippen LogP contribution in [0, 0.1) is 5.92 Å². The van der Waals surface area contributed by atoms with E-state index in [2.05, 4.69) is 15.2 Å². The lowest BCUT2D eigenvalue weighted by molar-refractivity contribution is -0.119. The maximum atomic E-state index is 11.6. The number of nitrogens with two attached hydrogens (primary N) is 1. The first-order chi connectivity index (χ1) is 11.7. The highest BCUT2D eigenvalue weighted by Crippen LogP contribution is 2.29. The van der Waals surface area contributed by atoms with Gasteiger partial charge in [-0.25, -0.2) is 9.97 Å². The lowest BCUT2D eigenvalue weighted by Gasteiger charge is -2.38. The van der Waals surface area contributed by atoms with Gasteiger partial charge in [-0.2, -0.15) is 0 Å². The number of hydrogen-bond donors (Lipinski definition) is 2. The maximum absolute atomic E-state index is 11.6. The topological polar surface area (TPSA) is 84.1 Å². The molecule has 1 aromatic heterocycles. The van der Waals surface area contributed by atoms with Gasteiger partial charge in [0.2, 0.25) is 5.91 Å². The van der Waals surface area contributed by atoms with E-state index in [4.69, 9.17) is 10.7 Å². The van der Waals surface area contributed by atoms with Gasteiger partial charge in [0.05, 0.1) is 12.1 Å². The molecule has 4 rings (SSSR count). The number of hydrogen-bond acceptors (Lipinski definition) is 5. The van der Waals surface area contributed by atoms with Crippen molar-refractivity contribution in [2.24, 2.45) is 5.92 Å². The molecule has 0 unspecified atom stereocenters. The molecule has 1 aromatic carbocycles. The molecule has 0 bridgehead atoms. The Kier molecular flexibility index (Phi) is 4.06. The Morgan fingerprint density at radius 1 is 1.25 bits per heavy atom. The highest BCUT2D eigenvalue weighted by Gasteiger charge is 2.34. The average molecular weight is 325 g/mol. The summed E-state index contributed by atoms with van der Waals surface area (Å²) in [5.74, 6) is 1.89. The van der Waals surface area contributed by atoms with Crippen molar-refractivity contribution in [3.8, 4) is 0 Å². The summed E-state index contributed by atoms with van der Waals surface area (Å²) in [5.41, 5.74) is 7.01. The number of piperidine rings is 1. The number of fused-ring (bicyclic) bond motifs is 1. The van der Waals surface area contributed by atoms with Crippen LogP contribution in [0.2, 0.25) is 0 Å². The lowest BCUT2D eigenvalue weighted by atomic mass is 9.89. The molecule has 3 heterocycles. The molecule has 0 saturated carbocycles. The van der Waals surface area contributed by atoms with Crippen molar-refractivity contribution in [3.05, 3.63) is 30.1 Å². The Morgan fingerprint density at radius 3 is 2.96 bits per heavy atom. The lowest BCUT2D eigenvalue weighted by Crippen LogP contribution is -2.44. The van der Waals surface area contributed by atoms with Gasteiger partial charge < -0.3 is 11.1 Å². The average Bonchev–Trinajstić information content (AvgIpc) is 3.02. The molecule has 6 nitrogen and oxygen atoms in total. The van der Waals surface area contributed by atoms with Crippen molar-refractivity contribution in [2.45, 2.75) is 38.3 Å². The molecule has 0 radical (unpaired) electrons. The fraction of sp³-hybridized carbons (Fsp3) is 0.500. The number of benzene rings is 1. The number of likely N-dealkylation sites (tertiary alicyclic amines) is 1. The summed E-state index contributed by atoms with van der Waals surface area (Å²) in [7, 11) is 0. The van der Waals surface area contributed by atoms with Crippen LogP contribution in [-0.2, 0) is 11.3 Å². The van der Waals surface area contributed by atoms with Crippen LogP contribution in [-0.4, -0.2) is 39.9 Å². The van der Waals surface area contributed by atoms with E-state index in [1.54, 1.807) is 0 Å². The number of carbonyl (C=O) groups is 1. The fourth-order valence-corrected chi connectivity index (χ4v) is 4.05. The summed E-state index contributed by atoms with van der Waals surface area (Å²) in [5, 5.41) is 3.87. The third-order valence-electron chi connectivity index (χ3n) is 5.24. The number of para-hydroxylation sites is 1. The Labute approximate surface area is 141 Å². The summed E-state index contributed by atoms with van der Waals surface area (Å²) in [6.45, 7) is 2.52. The summed E-state index contributed by atoms with van der Waals surface area (Å²) in [6, 6.07) is 8.27. The smallest absolute Gasteiger partial charge is 0.220 e. The number of nitrogen functional groups attached to an aromatic ring is 1. The molecule has 126 valence electrons. The Bertz CT molecular complexity index is 762. The number of nitrogens with one attached hydrogen (secondary N) is 1. The molecule has 3 N–H and O–H groups in total. The summed E-state index contributed by atoms with van der Waals surface area (Å²) >= 11 is 0. The minimum Gasteiger partial charge on any atom is -0.383 e. The number of aromatic nitrogens is 2. The van der Waals surface area contributed by atoms with Crippen LogP contribution in [0.15, 0.2) is 24.3 Å². The van der Waals surface area contributed by atoms with Crippen LogP contribution in [0.3, 0.4) is 0 Å². The van der Waals surface area contributed by atoms with E-state index in [0.29, 0.717) is 30.7 Å². The highest BCUT2D eigenvalue weighted by atomic mass is 16.1. The zero-order valence-corrected chi connectivity index (χ0v) is 13.7. The molecule has 2 atom stereocenters. The van der Waals surface area contributed by atoms with E-state index < -0.39 is 0 Å². The van der Waals surface area contributed by atoms with Gasteiger partial charge in [-0.05, 0) is 31.5 Å². The van der Waals surface area contributed by atoms with Gasteiger partial charge in [-0.3, -0.25) is 9.69 Å². The molecule has 2 aliphatic rings. The van der Waals surface area contributed by atoms with E-state index >= 15 is 0 Å². The third-order valence-corrected chi connectivity index (χ3v) is 5.24. The largest absolute Gasteiger partial charge is 0.383 e. The second-order valence-electron chi connectivity index (χ2n) is 6.84. The first kappa shape index (κ1) is 15.3. The molecule has 0 spiro atoms. The van der Waals surface area contributed by atoms with Crippen molar-refractivity contribution >= 4 is 22.6 Å². The van der Waals surface area contributed by atoms with Gasteiger partial charge in [0.15, 0.2) is 0 Å². The van der Waals surface area contributed by atoms with Crippen molar-refractivity contribution < 1.29 is 4.79 Å². The van der Waals surface area contributed by atoms with E-state index in [1.807, 2.05) is 24.3 Å². The van der Waals surface area contributed by atoms with E-state index in [9.17, 15) is 4.79 Å². The third kappa shape index (κ3) is 2.94. The summed E-state index contributed by atoms with van der Waals surface area (Å²) < 4.78 is 0. The Morgan fingerprint density at radius 2 is 2.12 bits per heavy atom. The summed E-state index contributed by atoms with van der Waals surface area (Å²) in [4.78, 5) is 23.2. The second kappa shape index (κ2) is 6.36. The van der Waals surface area contributed by atoms with Crippen LogP contribution >= 0.6 is 0 Å². The van der Waals surface area contributed by atoms with Crippen LogP contribution in [0.5, 0.6) is 0 Å². The van der Waals surface area contributed by atoms with Crippen LogP contribution < -0.4 is 11.1 Å².